The van der Waals surface area contributed by atoms with Crippen LogP contribution in [0.1, 0.15) is 38.3 Å². The summed E-state index contributed by atoms with van der Waals surface area (Å²) in [5.41, 5.74) is 3.93. The molecule has 18 heteroatoms. The minimum atomic E-state index is -5.08. The summed E-state index contributed by atoms with van der Waals surface area (Å²) >= 11 is 3.72. The van der Waals surface area contributed by atoms with Crippen LogP contribution in [0.3, 0.4) is 0 Å². The van der Waals surface area contributed by atoms with E-state index in [0.29, 0.717) is 53.5 Å². The SMILES string of the molecule is CCc1[nH]c2nc(Nc3cnc4c(c3)nnn4CC3CC3)nc(N3CC(S(=O)(=O)CC4CC4)C3)c2c1Br.O=C(O)C(F)(F)F. The third kappa shape index (κ3) is 6.45. The Morgan fingerprint density at radius 3 is 2.48 bits per heavy atom. The van der Waals surface area contributed by atoms with Gasteiger partial charge in [-0.25, -0.2) is 22.9 Å². The maximum atomic E-state index is 12.8. The van der Waals surface area contributed by atoms with Crippen LogP contribution in [0.2, 0.25) is 0 Å². The number of aromatic amines is 1. The number of carbonyl (C=O) groups is 1. The molecule has 44 heavy (non-hydrogen) atoms. The number of alkyl halides is 3. The molecular weight excluding hydrogens is 671 g/mol. The molecule has 236 valence electrons. The second-order valence-electron chi connectivity index (χ2n) is 11.4. The lowest BCUT2D eigenvalue weighted by Crippen LogP contribution is -2.56. The second-order valence-corrected chi connectivity index (χ2v) is 14.5. The molecule has 0 unspecified atom stereocenters. The van der Waals surface area contributed by atoms with E-state index in [1.54, 1.807) is 6.20 Å². The average molecular weight is 701 g/mol. The van der Waals surface area contributed by atoms with Gasteiger partial charge in [0.25, 0.3) is 0 Å². The number of carboxylic acid groups (broad SMARTS) is 1. The fraction of sp³-hybridized carbons (Fsp3) is 0.538. The third-order valence-electron chi connectivity index (χ3n) is 7.80. The number of rotatable bonds is 9. The van der Waals surface area contributed by atoms with E-state index in [4.69, 9.17) is 19.9 Å². The van der Waals surface area contributed by atoms with E-state index < -0.39 is 22.0 Å². The summed E-state index contributed by atoms with van der Waals surface area (Å²) in [5, 5.41) is 19.5. The highest BCUT2D eigenvalue weighted by molar-refractivity contribution is 9.10. The largest absolute Gasteiger partial charge is 0.490 e. The quantitative estimate of drug-likeness (QED) is 0.228. The molecule has 3 fully saturated rings. The molecular formula is C26H29BrF3N9O4S. The predicted molar refractivity (Wildman–Crippen MR) is 158 cm³/mol. The standard InChI is InChI=1S/C24H28BrN9O2S.C2HF3O2/c1-2-17-20(25)19-21(28-17)29-24(30-23(19)33-10-16(11-33)37(35,36)12-14-5-6-14)27-15-7-18-22(26-8-15)34(32-31-18)9-13-3-4-13;3-2(4,5)1(6)7/h7-8,13-14,16H,2-6,9-12H2,1H3,(H2,27,28,29,30);(H,6,7). The Hall–Kier alpha value is -3.54. The summed E-state index contributed by atoms with van der Waals surface area (Å²) in [6.07, 6.45) is 2.00. The molecule has 0 atom stereocenters. The van der Waals surface area contributed by atoms with Crippen LogP contribution < -0.4 is 10.2 Å². The molecule has 1 aliphatic heterocycles. The van der Waals surface area contributed by atoms with E-state index in [1.165, 1.54) is 12.8 Å². The number of nitrogens with zero attached hydrogens (tertiary/aromatic N) is 7. The monoisotopic (exact) mass is 699 g/mol. The second kappa shape index (κ2) is 11.4. The van der Waals surface area contributed by atoms with Gasteiger partial charge < -0.3 is 20.3 Å². The van der Waals surface area contributed by atoms with E-state index in [-0.39, 0.29) is 5.25 Å². The van der Waals surface area contributed by atoms with Crippen LogP contribution in [0.5, 0.6) is 0 Å². The van der Waals surface area contributed by atoms with Crippen molar-refractivity contribution < 1.29 is 31.5 Å². The zero-order chi connectivity index (χ0) is 31.4. The van der Waals surface area contributed by atoms with Gasteiger partial charge >= 0.3 is 12.1 Å². The summed E-state index contributed by atoms with van der Waals surface area (Å²) in [5.74, 6) is -0.278. The lowest BCUT2D eigenvalue weighted by Gasteiger charge is -2.40. The maximum absolute atomic E-state index is 12.8. The van der Waals surface area contributed by atoms with Crippen LogP contribution in [-0.2, 0) is 27.6 Å². The number of halogens is 4. The Morgan fingerprint density at radius 1 is 1.18 bits per heavy atom. The zero-order valence-electron chi connectivity index (χ0n) is 23.5. The summed E-state index contributed by atoms with van der Waals surface area (Å²) < 4.78 is 60.1. The minimum Gasteiger partial charge on any atom is -0.475 e. The smallest absolute Gasteiger partial charge is 0.475 e. The number of carboxylic acids is 1. The molecule has 2 saturated carbocycles. The molecule has 0 spiro atoms. The van der Waals surface area contributed by atoms with Gasteiger partial charge in [0.15, 0.2) is 15.5 Å². The van der Waals surface area contributed by atoms with Gasteiger partial charge in [0.2, 0.25) is 5.95 Å². The maximum Gasteiger partial charge on any atom is 0.490 e. The first-order valence-electron chi connectivity index (χ1n) is 14.1. The number of fused-ring (bicyclic) bond motifs is 2. The third-order valence-corrected chi connectivity index (χ3v) is 10.9. The Bertz CT molecular complexity index is 1830. The van der Waals surface area contributed by atoms with E-state index in [9.17, 15) is 21.6 Å². The number of aromatic nitrogens is 7. The zero-order valence-corrected chi connectivity index (χ0v) is 25.9. The Kier molecular flexibility index (Phi) is 7.92. The van der Waals surface area contributed by atoms with Gasteiger partial charge in [0.05, 0.1) is 32.7 Å². The number of anilines is 3. The summed E-state index contributed by atoms with van der Waals surface area (Å²) in [4.78, 5) is 28.5. The highest BCUT2D eigenvalue weighted by Crippen LogP contribution is 2.39. The first-order chi connectivity index (χ1) is 20.8. The van der Waals surface area contributed by atoms with Gasteiger partial charge in [-0.15, -0.1) is 5.10 Å². The fourth-order valence-electron chi connectivity index (χ4n) is 4.93. The van der Waals surface area contributed by atoms with Crippen LogP contribution in [0, 0.1) is 11.8 Å². The van der Waals surface area contributed by atoms with Crippen LogP contribution in [0.4, 0.5) is 30.6 Å². The molecule has 0 amide bonds. The summed E-state index contributed by atoms with van der Waals surface area (Å²) in [6.45, 7) is 3.81. The van der Waals surface area contributed by atoms with Crippen LogP contribution in [0.15, 0.2) is 16.7 Å². The van der Waals surface area contributed by atoms with Crippen molar-refractivity contribution in [3.8, 4) is 0 Å². The molecule has 0 bridgehead atoms. The first kappa shape index (κ1) is 30.5. The minimum absolute atomic E-state index is 0.312. The number of aliphatic carboxylic acids is 1. The molecule has 5 heterocycles. The van der Waals surface area contributed by atoms with Crippen LogP contribution in [0.25, 0.3) is 22.2 Å². The van der Waals surface area contributed by atoms with Crippen molar-refractivity contribution in [1.29, 1.82) is 0 Å². The van der Waals surface area contributed by atoms with Gasteiger partial charge in [0.1, 0.15) is 17.0 Å². The molecule has 3 N–H and O–H groups in total. The molecule has 13 nitrogen and oxygen atoms in total. The number of H-pyrrole nitrogens is 1. The number of nitrogens with one attached hydrogen (secondary N) is 2. The molecule has 0 radical (unpaired) electrons. The van der Waals surface area contributed by atoms with Crippen LogP contribution >= 0.6 is 15.9 Å². The van der Waals surface area contributed by atoms with E-state index in [1.807, 2.05) is 15.6 Å². The van der Waals surface area contributed by atoms with E-state index in [2.05, 4.69) is 48.5 Å². The number of hydrogen-bond donors (Lipinski definition) is 3. The molecule has 3 aliphatic rings. The number of sulfone groups is 1. The number of pyridine rings is 1. The van der Waals surface area contributed by atoms with Gasteiger partial charge in [-0.1, -0.05) is 12.1 Å². The molecule has 7 rings (SSSR count). The highest BCUT2D eigenvalue weighted by atomic mass is 79.9. The van der Waals surface area contributed by atoms with E-state index in [0.717, 1.165) is 52.8 Å². The van der Waals surface area contributed by atoms with Crippen molar-refractivity contribution in [2.24, 2.45) is 11.8 Å². The van der Waals surface area contributed by atoms with Crippen molar-refractivity contribution in [2.45, 2.75) is 57.0 Å². The predicted octanol–water partition coefficient (Wildman–Crippen LogP) is 4.22. The summed E-state index contributed by atoms with van der Waals surface area (Å²) in [6, 6.07) is 1.90. The average Bonchev–Trinajstić information content (AvgIpc) is 3.84. The van der Waals surface area contributed by atoms with Crippen molar-refractivity contribution in [3.63, 3.8) is 0 Å². The summed E-state index contributed by atoms with van der Waals surface area (Å²) in [7, 11) is -3.09. The van der Waals surface area contributed by atoms with Gasteiger partial charge in [-0.05, 0) is 65.9 Å². The molecule has 0 aromatic carbocycles. The molecule has 2 aliphatic carbocycles. The van der Waals surface area contributed by atoms with Crippen molar-refractivity contribution in [3.05, 3.63) is 22.4 Å². The Morgan fingerprint density at radius 2 is 1.86 bits per heavy atom. The topological polar surface area (TPSA) is 172 Å². The van der Waals surface area contributed by atoms with E-state index >= 15 is 0 Å². The van der Waals surface area contributed by atoms with Crippen molar-refractivity contribution in [2.75, 3.05) is 29.1 Å². The van der Waals surface area contributed by atoms with Gasteiger partial charge in [0, 0.05) is 25.3 Å². The van der Waals surface area contributed by atoms with Crippen molar-refractivity contribution >= 4 is 71.4 Å². The normalized spacial score (nSPS) is 17.4. The molecule has 1 saturated heterocycles. The fourth-order valence-corrected chi connectivity index (χ4v) is 7.76. The van der Waals surface area contributed by atoms with Crippen molar-refractivity contribution in [1.82, 2.24) is 34.9 Å². The Balaban J connectivity index is 0.000000441. The first-order valence-corrected chi connectivity index (χ1v) is 16.6. The Labute approximate surface area is 257 Å². The van der Waals surface area contributed by atoms with Gasteiger partial charge in [-0.2, -0.15) is 23.1 Å². The van der Waals surface area contributed by atoms with Gasteiger partial charge in [-0.3, -0.25) is 0 Å². The number of hydrogen-bond acceptors (Lipinski definition) is 10. The lowest BCUT2D eigenvalue weighted by molar-refractivity contribution is -0.192. The molecule has 4 aromatic heterocycles. The highest BCUT2D eigenvalue weighted by Gasteiger charge is 2.42. The van der Waals surface area contributed by atoms with Crippen LogP contribution in [-0.4, -0.2) is 84.7 Å². The number of aryl methyl sites for hydroxylation is 1. The molecule has 4 aromatic rings. The lowest BCUT2D eigenvalue weighted by atomic mass is 10.2.